The number of anilines is 1. The molecule has 2 aliphatic rings. The van der Waals surface area contributed by atoms with Gasteiger partial charge < -0.3 is 10.2 Å². The molecule has 1 fully saturated rings. The van der Waals surface area contributed by atoms with Gasteiger partial charge in [0.25, 0.3) is 0 Å². The van der Waals surface area contributed by atoms with E-state index in [1.165, 1.54) is 42.5 Å². The number of benzene rings is 1. The molecule has 0 unspecified atom stereocenters. The average Bonchev–Trinajstić information content (AvgIpc) is 2.82. The van der Waals surface area contributed by atoms with Crippen LogP contribution in [0.1, 0.15) is 63.5 Å². The smallest absolute Gasteiger partial charge is 0.160 e. The van der Waals surface area contributed by atoms with Gasteiger partial charge >= 0.3 is 0 Å². The Hall–Kier alpha value is -1.77. The van der Waals surface area contributed by atoms with Crippen LogP contribution in [-0.4, -0.2) is 25.4 Å². The highest BCUT2D eigenvalue weighted by Crippen LogP contribution is 2.33. The molecule has 1 heterocycles. The van der Waals surface area contributed by atoms with Gasteiger partial charge in [0.15, 0.2) is 5.78 Å². The standard InChI is InChI=1S/C22H32N2O/c1-22(2)15-17-11-12-18(24(3)4)13-19(17)20(23-22)14-21(25)16-9-7-5-6-8-10-16/h11-14,16,23H,5-10,15H2,1-4H3/b20-14-. The lowest BCUT2D eigenvalue weighted by atomic mass is 9.84. The number of hydrogen-bond acceptors (Lipinski definition) is 3. The molecule has 3 heteroatoms. The van der Waals surface area contributed by atoms with Crippen LogP contribution in [0.3, 0.4) is 0 Å². The quantitative estimate of drug-likeness (QED) is 0.647. The predicted molar refractivity (Wildman–Crippen MR) is 106 cm³/mol. The summed E-state index contributed by atoms with van der Waals surface area (Å²) >= 11 is 0. The van der Waals surface area contributed by atoms with E-state index in [9.17, 15) is 4.79 Å². The number of rotatable bonds is 3. The Kier molecular flexibility index (Phi) is 5.21. The molecule has 0 saturated heterocycles. The van der Waals surface area contributed by atoms with Crippen molar-refractivity contribution in [2.45, 2.75) is 64.3 Å². The summed E-state index contributed by atoms with van der Waals surface area (Å²) in [6.45, 7) is 4.42. The van der Waals surface area contributed by atoms with Crippen molar-refractivity contribution in [2.24, 2.45) is 5.92 Å². The van der Waals surface area contributed by atoms with Crippen molar-refractivity contribution in [3.8, 4) is 0 Å². The molecule has 1 aromatic carbocycles. The number of allylic oxidation sites excluding steroid dienone is 1. The van der Waals surface area contributed by atoms with Gasteiger partial charge in [0.2, 0.25) is 0 Å². The average molecular weight is 341 g/mol. The number of carbonyl (C=O) groups excluding carboxylic acids is 1. The second-order valence-corrected chi connectivity index (χ2v) is 8.57. The summed E-state index contributed by atoms with van der Waals surface area (Å²) in [7, 11) is 4.12. The van der Waals surface area contributed by atoms with Crippen molar-refractivity contribution in [1.82, 2.24) is 5.32 Å². The number of ketones is 1. The Morgan fingerprint density at radius 1 is 1.16 bits per heavy atom. The van der Waals surface area contributed by atoms with E-state index in [1.54, 1.807) is 0 Å². The van der Waals surface area contributed by atoms with E-state index < -0.39 is 0 Å². The number of fused-ring (bicyclic) bond motifs is 1. The van der Waals surface area contributed by atoms with Crippen LogP contribution in [0.4, 0.5) is 5.69 Å². The first-order valence-corrected chi connectivity index (χ1v) is 9.70. The van der Waals surface area contributed by atoms with E-state index >= 15 is 0 Å². The molecule has 0 radical (unpaired) electrons. The summed E-state index contributed by atoms with van der Waals surface area (Å²) in [4.78, 5) is 15.0. The normalized spacial score (nSPS) is 22.0. The SMILES string of the molecule is CN(C)c1ccc2c(c1)/C(=C/C(=O)C1CCCCCC1)NC(C)(C)C2. The summed E-state index contributed by atoms with van der Waals surface area (Å²) in [5, 5.41) is 3.62. The lowest BCUT2D eigenvalue weighted by molar-refractivity contribution is -0.118. The van der Waals surface area contributed by atoms with Crippen LogP contribution in [-0.2, 0) is 11.2 Å². The maximum atomic E-state index is 12.9. The topological polar surface area (TPSA) is 32.3 Å². The van der Waals surface area contributed by atoms with Crippen molar-refractivity contribution >= 4 is 17.2 Å². The Morgan fingerprint density at radius 2 is 1.84 bits per heavy atom. The van der Waals surface area contributed by atoms with Crippen LogP contribution in [0, 0.1) is 5.92 Å². The van der Waals surface area contributed by atoms with E-state index in [-0.39, 0.29) is 11.5 Å². The fourth-order valence-electron chi connectivity index (χ4n) is 4.14. The zero-order valence-corrected chi connectivity index (χ0v) is 16.2. The van der Waals surface area contributed by atoms with Gasteiger partial charge in [-0.15, -0.1) is 0 Å². The third-order valence-corrected chi connectivity index (χ3v) is 5.55. The zero-order valence-electron chi connectivity index (χ0n) is 16.2. The molecule has 3 nitrogen and oxygen atoms in total. The zero-order chi connectivity index (χ0) is 18.0. The van der Waals surface area contributed by atoms with Crippen LogP contribution < -0.4 is 10.2 Å². The number of hydrogen-bond donors (Lipinski definition) is 1. The largest absolute Gasteiger partial charge is 0.379 e. The molecule has 3 rings (SSSR count). The van der Waals surface area contributed by atoms with Crippen LogP contribution in [0.2, 0.25) is 0 Å². The van der Waals surface area contributed by atoms with E-state index in [0.717, 1.165) is 25.0 Å². The van der Waals surface area contributed by atoms with Gasteiger partial charge in [-0.25, -0.2) is 0 Å². The number of carbonyl (C=O) groups is 1. The Labute approximate surface area is 152 Å². The lowest BCUT2D eigenvalue weighted by Crippen LogP contribution is -2.44. The molecule has 1 saturated carbocycles. The Bertz CT molecular complexity index is 665. The Morgan fingerprint density at radius 3 is 2.48 bits per heavy atom. The first-order chi connectivity index (χ1) is 11.9. The number of nitrogens with one attached hydrogen (secondary N) is 1. The van der Waals surface area contributed by atoms with E-state index in [0.29, 0.717) is 5.78 Å². The van der Waals surface area contributed by atoms with Gasteiger partial charge in [-0.1, -0.05) is 31.7 Å². The molecular formula is C22H32N2O. The minimum absolute atomic E-state index is 0.0256. The van der Waals surface area contributed by atoms with Crippen molar-refractivity contribution in [3.63, 3.8) is 0 Å². The van der Waals surface area contributed by atoms with E-state index in [1.807, 2.05) is 6.08 Å². The minimum Gasteiger partial charge on any atom is -0.379 e. The van der Waals surface area contributed by atoms with Gasteiger partial charge in [-0.2, -0.15) is 0 Å². The van der Waals surface area contributed by atoms with Crippen molar-refractivity contribution in [2.75, 3.05) is 19.0 Å². The molecular weight excluding hydrogens is 308 g/mol. The fourth-order valence-corrected chi connectivity index (χ4v) is 4.14. The minimum atomic E-state index is -0.0256. The molecule has 1 aliphatic heterocycles. The van der Waals surface area contributed by atoms with Crippen molar-refractivity contribution in [3.05, 3.63) is 35.4 Å². The van der Waals surface area contributed by atoms with Gasteiger partial charge in [0.1, 0.15) is 0 Å². The van der Waals surface area contributed by atoms with Crippen molar-refractivity contribution in [1.29, 1.82) is 0 Å². The second-order valence-electron chi connectivity index (χ2n) is 8.57. The fraction of sp³-hybridized carbons (Fsp3) is 0.591. The molecule has 136 valence electrons. The van der Waals surface area contributed by atoms with Gasteiger partial charge in [0, 0.05) is 48.6 Å². The first-order valence-electron chi connectivity index (χ1n) is 9.70. The highest BCUT2D eigenvalue weighted by Gasteiger charge is 2.29. The monoisotopic (exact) mass is 340 g/mol. The number of nitrogens with zero attached hydrogens (tertiary/aromatic N) is 1. The second kappa shape index (κ2) is 7.23. The van der Waals surface area contributed by atoms with E-state index in [4.69, 9.17) is 0 Å². The van der Waals surface area contributed by atoms with E-state index in [2.05, 4.69) is 56.4 Å². The first kappa shape index (κ1) is 18.0. The molecule has 0 amide bonds. The molecule has 0 spiro atoms. The summed E-state index contributed by atoms with van der Waals surface area (Å²) in [5.41, 5.74) is 4.67. The Balaban J connectivity index is 1.94. The molecule has 0 bridgehead atoms. The molecule has 1 aliphatic carbocycles. The summed E-state index contributed by atoms with van der Waals surface area (Å²) in [6, 6.07) is 6.60. The third kappa shape index (κ3) is 4.26. The van der Waals surface area contributed by atoms with Gasteiger partial charge in [0.05, 0.1) is 0 Å². The van der Waals surface area contributed by atoms with Gasteiger partial charge in [-0.05, 0) is 50.8 Å². The highest BCUT2D eigenvalue weighted by molar-refractivity contribution is 5.98. The lowest BCUT2D eigenvalue weighted by Gasteiger charge is -2.36. The van der Waals surface area contributed by atoms with Gasteiger partial charge in [-0.3, -0.25) is 4.79 Å². The predicted octanol–water partition coefficient (Wildman–Crippen LogP) is 4.56. The van der Waals surface area contributed by atoms with Crippen LogP contribution >= 0.6 is 0 Å². The molecule has 25 heavy (non-hydrogen) atoms. The van der Waals surface area contributed by atoms with Crippen LogP contribution in [0.25, 0.3) is 5.70 Å². The maximum absolute atomic E-state index is 12.9. The maximum Gasteiger partial charge on any atom is 0.160 e. The van der Waals surface area contributed by atoms with Crippen LogP contribution in [0.15, 0.2) is 24.3 Å². The highest BCUT2D eigenvalue weighted by atomic mass is 16.1. The molecule has 0 aromatic heterocycles. The van der Waals surface area contributed by atoms with Crippen molar-refractivity contribution < 1.29 is 4.79 Å². The summed E-state index contributed by atoms with van der Waals surface area (Å²) < 4.78 is 0. The molecule has 0 atom stereocenters. The molecule has 1 aromatic rings. The summed E-state index contributed by atoms with van der Waals surface area (Å²) in [5.74, 6) is 0.519. The third-order valence-electron chi connectivity index (χ3n) is 5.55. The summed E-state index contributed by atoms with van der Waals surface area (Å²) in [6.07, 6.45) is 9.93. The molecule has 1 N–H and O–H groups in total. The van der Waals surface area contributed by atoms with Crippen LogP contribution in [0.5, 0.6) is 0 Å².